The Bertz CT molecular complexity index is 871. The summed E-state index contributed by atoms with van der Waals surface area (Å²) in [6.07, 6.45) is 6.51. The molecular formula is C26H32O4. The Kier molecular flexibility index (Phi) is 4.29. The zero-order valence-electron chi connectivity index (χ0n) is 18.4. The number of aromatic hydroxyl groups is 2. The third-order valence-corrected chi connectivity index (χ3v) is 7.48. The standard InChI is InChI=1S/C26H32O4/c1-15-5-21(27)6-16(2)23(15)29-25-10-19-9-20(11-25)13-26(12-19,14-25)30-24-17(3)7-22(28)8-18(24)4/h5-8,19-20,27-28H,9-14H2,1-4H3. The number of ether oxygens (including phenoxy) is 2. The van der Waals surface area contributed by atoms with Crippen molar-refractivity contribution < 1.29 is 19.7 Å². The summed E-state index contributed by atoms with van der Waals surface area (Å²) >= 11 is 0. The van der Waals surface area contributed by atoms with Crippen molar-refractivity contribution in [3.63, 3.8) is 0 Å². The fourth-order valence-corrected chi connectivity index (χ4v) is 6.94. The number of phenols is 2. The van der Waals surface area contributed by atoms with E-state index in [1.807, 2.05) is 27.7 Å². The minimum absolute atomic E-state index is 0.199. The summed E-state index contributed by atoms with van der Waals surface area (Å²) in [6.45, 7) is 8.05. The lowest BCUT2D eigenvalue weighted by molar-refractivity contribution is -0.177. The van der Waals surface area contributed by atoms with Crippen molar-refractivity contribution in [2.75, 3.05) is 0 Å². The van der Waals surface area contributed by atoms with E-state index in [0.29, 0.717) is 23.3 Å². The van der Waals surface area contributed by atoms with Gasteiger partial charge in [0.1, 0.15) is 34.2 Å². The van der Waals surface area contributed by atoms with Crippen LogP contribution in [0.2, 0.25) is 0 Å². The molecule has 0 spiro atoms. The number of benzene rings is 2. The van der Waals surface area contributed by atoms with E-state index in [4.69, 9.17) is 9.47 Å². The molecule has 0 amide bonds. The van der Waals surface area contributed by atoms with Gasteiger partial charge < -0.3 is 19.7 Å². The van der Waals surface area contributed by atoms with Crippen LogP contribution in [-0.4, -0.2) is 21.4 Å². The van der Waals surface area contributed by atoms with Gasteiger partial charge in [0.2, 0.25) is 0 Å². The first kappa shape index (κ1) is 19.6. The topological polar surface area (TPSA) is 58.9 Å². The predicted octanol–water partition coefficient (Wildman–Crippen LogP) is 5.88. The largest absolute Gasteiger partial charge is 0.508 e. The van der Waals surface area contributed by atoms with Crippen molar-refractivity contribution in [2.24, 2.45) is 11.8 Å². The highest BCUT2D eigenvalue weighted by atomic mass is 16.5. The number of aryl methyl sites for hydroxylation is 4. The first-order chi connectivity index (χ1) is 14.2. The van der Waals surface area contributed by atoms with E-state index in [9.17, 15) is 10.2 Å². The van der Waals surface area contributed by atoms with Crippen LogP contribution < -0.4 is 9.47 Å². The summed E-state index contributed by atoms with van der Waals surface area (Å²) in [5, 5.41) is 19.9. The molecular weight excluding hydrogens is 376 g/mol. The maximum atomic E-state index is 9.93. The summed E-state index contributed by atoms with van der Waals surface area (Å²) < 4.78 is 13.7. The Balaban J connectivity index is 1.49. The van der Waals surface area contributed by atoms with Gasteiger partial charge in [0.15, 0.2) is 0 Å². The molecule has 0 aliphatic heterocycles. The minimum Gasteiger partial charge on any atom is -0.508 e. The van der Waals surface area contributed by atoms with Crippen LogP contribution in [-0.2, 0) is 0 Å². The van der Waals surface area contributed by atoms with Gasteiger partial charge in [-0.1, -0.05) is 0 Å². The highest BCUT2D eigenvalue weighted by Crippen LogP contribution is 2.60. The molecule has 4 nitrogen and oxygen atoms in total. The first-order valence-corrected chi connectivity index (χ1v) is 11.1. The average Bonchev–Trinajstić information content (AvgIpc) is 2.60. The van der Waals surface area contributed by atoms with Gasteiger partial charge in [-0.05, 0) is 118 Å². The molecule has 4 saturated carbocycles. The van der Waals surface area contributed by atoms with E-state index in [1.165, 1.54) is 6.42 Å². The van der Waals surface area contributed by atoms with E-state index in [2.05, 4.69) is 0 Å². The molecule has 160 valence electrons. The summed E-state index contributed by atoms with van der Waals surface area (Å²) in [5.41, 5.74) is 3.56. The predicted molar refractivity (Wildman–Crippen MR) is 117 cm³/mol. The molecule has 6 rings (SSSR count). The molecule has 0 atom stereocenters. The molecule has 4 aliphatic carbocycles. The average molecular weight is 409 g/mol. The maximum Gasteiger partial charge on any atom is 0.126 e. The van der Waals surface area contributed by atoms with Crippen LogP contribution in [0.5, 0.6) is 23.0 Å². The van der Waals surface area contributed by atoms with E-state index in [0.717, 1.165) is 65.9 Å². The summed E-state index contributed by atoms with van der Waals surface area (Å²) in [4.78, 5) is 0. The van der Waals surface area contributed by atoms with Gasteiger partial charge >= 0.3 is 0 Å². The van der Waals surface area contributed by atoms with Crippen LogP contribution in [0.4, 0.5) is 0 Å². The fraction of sp³-hybridized carbons (Fsp3) is 0.538. The second-order valence-electron chi connectivity index (χ2n) is 10.3. The van der Waals surface area contributed by atoms with Crippen LogP contribution in [0.15, 0.2) is 24.3 Å². The minimum atomic E-state index is -0.199. The van der Waals surface area contributed by atoms with Gasteiger partial charge in [0.05, 0.1) is 0 Å². The van der Waals surface area contributed by atoms with Crippen LogP contribution >= 0.6 is 0 Å². The fourth-order valence-electron chi connectivity index (χ4n) is 6.94. The van der Waals surface area contributed by atoms with Crippen molar-refractivity contribution in [1.82, 2.24) is 0 Å². The lowest BCUT2D eigenvalue weighted by Crippen LogP contribution is -2.63. The molecule has 0 saturated heterocycles. The van der Waals surface area contributed by atoms with Crippen molar-refractivity contribution in [1.29, 1.82) is 0 Å². The molecule has 0 heterocycles. The lowest BCUT2D eigenvalue weighted by Gasteiger charge is -2.61. The van der Waals surface area contributed by atoms with Gasteiger partial charge in [-0.15, -0.1) is 0 Å². The molecule has 4 heteroatoms. The highest BCUT2D eigenvalue weighted by molar-refractivity contribution is 5.47. The number of hydrogen-bond donors (Lipinski definition) is 2. The molecule has 2 N–H and O–H groups in total. The number of rotatable bonds is 4. The lowest BCUT2D eigenvalue weighted by atomic mass is 9.52. The second kappa shape index (κ2) is 6.57. The van der Waals surface area contributed by atoms with Gasteiger partial charge in [0, 0.05) is 6.42 Å². The van der Waals surface area contributed by atoms with Gasteiger partial charge in [-0.25, -0.2) is 0 Å². The smallest absolute Gasteiger partial charge is 0.126 e. The van der Waals surface area contributed by atoms with Crippen LogP contribution in [0, 0.1) is 39.5 Å². The molecule has 0 aromatic heterocycles. The third kappa shape index (κ3) is 3.21. The van der Waals surface area contributed by atoms with E-state index >= 15 is 0 Å². The van der Waals surface area contributed by atoms with Crippen molar-refractivity contribution >= 4 is 0 Å². The van der Waals surface area contributed by atoms with Gasteiger partial charge in [0.25, 0.3) is 0 Å². The van der Waals surface area contributed by atoms with Gasteiger partial charge in [-0.2, -0.15) is 0 Å². The van der Waals surface area contributed by atoms with E-state index in [-0.39, 0.29) is 11.2 Å². The molecule has 4 aliphatic rings. The quantitative estimate of drug-likeness (QED) is 0.663. The summed E-state index contributed by atoms with van der Waals surface area (Å²) in [6, 6.07) is 7.16. The van der Waals surface area contributed by atoms with E-state index < -0.39 is 0 Å². The normalized spacial score (nSPS) is 31.7. The van der Waals surface area contributed by atoms with E-state index in [1.54, 1.807) is 24.3 Å². The number of phenolic OH excluding ortho intramolecular Hbond substituents is 2. The molecule has 0 unspecified atom stereocenters. The van der Waals surface area contributed by atoms with Crippen molar-refractivity contribution in [3.05, 3.63) is 46.5 Å². The van der Waals surface area contributed by atoms with Crippen molar-refractivity contribution in [3.8, 4) is 23.0 Å². The molecule has 2 aromatic carbocycles. The van der Waals surface area contributed by atoms with Gasteiger partial charge in [-0.3, -0.25) is 0 Å². The maximum absolute atomic E-state index is 9.93. The Hall–Kier alpha value is -2.36. The Labute approximate surface area is 178 Å². The molecule has 0 radical (unpaired) electrons. The third-order valence-electron chi connectivity index (χ3n) is 7.48. The zero-order chi connectivity index (χ0) is 21.3. The Morgan fingerprint density at radius 1 is 0.667 bits per heavy atom. The molecule has 4 bridgehead atoms. The monoisotopic (exact) mass is 408 g/mol. The molecule has 2 aromatic rings. The van der Waals surface area contributed by atoms with Crippen LogP contribution in [0.25, 0.3) is 0 Å². The SMILES string of the molecule is Cc1cc(O)cc(C)c1OC12CC3CC(C1)CC(Oc1c(C)cc(O)cc1C)(C3)C2. The Morgan fingerprint density at radius 2 is 1.00 bits per heavy atom. The second-order valence-corrected chi connectivity index (χ2v) is 10.3. The summed E-state index contributed by atoms with van der Waals surface area (Å²) in [7, 11) is 0. The number of hydrogen-bond acceptors (Lipinski definition) is 4. The highest BCUT2D eigenvalue weighted by Gasteiger charge is 2.61. The summed E-state index contributed by atoms with van der Waals surface area (Å²) in [5.74, 6) is 3.68. The van der Waals surface area contributed by atoms with Crippen LogP contribution in [0.1, 0.15) is 60.8 Å². The first-order valence-electron chi connectivity index (χ1n) is 11.1. The Morgan fingerprint density at radius 3 is 1.33 bits per heavy atom. The van der Waals surface area contributed by atoms with Crippen LogP contribution in [0.3, 0.4) is 0 Å². The molecule has 4 fully saturated rings. The van der Waals surface area contributed by atoms with Crippen molar-refractivity contribution in [2.45, 2.75) is 77.4 Å². The zero-order valence-corrected chi connectivity index (χ0v) is 18.4. The molecule has 30 heavy (non-hydrogen) atoms.